The number of nitrogens with zero attached hydrogens (tertiary/aromatic N) is 2. The lowest BCUT2D eigenvalue weighted by Crippen LogP contribution is -2.06. The molecule has 7 nitrogen and oxygen atoms in total. The molecule has 0 saturated carbocycles. The Balaban J connectivity index is 2.02. The van der Waals surface area contributed by atoms with Crippen LogP contribution in [0.4, 0.5) is 5.69 Å². The normalized spacial score (nSPS) is 10.6. The molecule has 0 aliphatic heterocycles. The molecule has 0 aliphatic carbocycles. The zero-order valence-electron chi connectivity index (χ0n) is 12.1. The molecule has 2 rings (SSSR count). The van der Waals surface area contributed by atoms with Gasteiger partial charge in [0.05, 0.1) is 10.7 Å². The number of benzene rings is 1. The van der Waals surface area contributed by atoms with E-state index in [1.807, 2.05) is 6.92 Å². The van der Waals surface area contributed by atoms with E-state index in [1.54, 1.807) is 25.1 Å². The molecule has 1 aromatic heterocycles. The van der Waals surface area contributed by atoms with Gasteiger partial charge in [0.1, 0.15) is 17.2 Å². The monoisotopic (exact) mass is 321 g/mol. The minimum absolute atomic E-state index is 0.0541. The number of hydrogen-bond donors (Lipinski definition) is 2. The van der Waals surface area contributed by atoms with Crippen molar-refractivity contribution in [3.63, 3.8) is 0 Å². The molecule has 0 aliphatic rings. The predicted octanol–water partition coefficient (Wildman–Crippen LogP) is 2.54. The number of carbonyl (C=O) groups excluding carboxylic acids is 1. The van der Waals surface area contributed by atoms with Crippen LogP contribution in [-0.4, -0.2) is 31.8 Å². The number of ketones is 1. The highest BCUT2D eigenvalue weighted by molar-refractivity contribution is 8.00. The molecule has 0 bridgehead atoms. The number of H-pyrrole nitrogens is 1. The summed E-state index contributed by atoms with van der Waals surface area (Å²) in [6, 6.07) is 5.06. The second-order valence-electron chi connectivity index (χ2n) is 4.90. The lowest BCUT2D eigenvalue weighted by atomic mass is 10.1. The zero-order valence-corrected chi connectivity index (χ0v) is 12.9. The number of hydrogen-bond acceptors (Lipinski definition) is 6. The van der Waals surface area contributed by atoms with Gasteiger partial charge in [0, 0.05) is 12.0 Å². The molecule has 1 heterocycles. The van der Waals surface area contributed by atoms with Gasteiger partial charge in [-0.05, 0) is 19.9 Å². The van der Waals surface area contributed by atoms with Crippen LogP contribution in [-0.2, 0) is 11.2 Å². The molecule has 0 fully saturated rings. The Morgan fingerprint density at radius 3 is 2.86 bits per heavy atom. The number of rotatable bonds is 6. The van der Waals surface area contributed by atoms with Gasteiger partial charge in [-0.15, -0.1) is 0 Å². The fraction of sp³-hybridized carbons (Fsp3) is 0.286. The molecule has 116 valence electrons. The largest absolute Gasteiger partial charge is 0.508 e. The van der Waals surface area contributed by atoms with Crippen LogP contribution in [0.5, 0.6) is 5.75 Å². The number of thioether (sulfide) groups is 1. The first-order valence-corrected chi connectivity index (χ1v) is 7.49. The van der Waals surface area contributed by atoms with E-state index < -0.39 is 4.92 Å². The number of aromatic hydroxyl groups is 1. The van der Waals surface area contributed by atoms with Crippen LogP contribution in [0.2, 0.25) is 0 Å². The summed E-state index contributed by atoms with van der Waals surface area (Å²) >= 11 is 1.02. The Hall–Kier alpha value is -2.35. The van der Waals surface area contributed by atoms with Gasteiger partial charge in [-0.1, -0.05) is 29.5 Å². The molecule has 0 amide bonds. The fourth-order valence-corrected chi connectivity index (χ4v) is 2.86. The second-order valence-corrected chi connectivity index (χ2v) is 5.86. The highest BCUT2D eigenvalue weighted by Crippen LogP contribution is 2.29. The number of phenolic OH excluding ortho intramolecular Hbond substituents is 1. The van der Waals surface area contributed by atoms with Gasteiger partial charge in [-0.25, -0.2) is 0 Å². The Morgan fingerprint density at radius 1 is 1.45 bits per heavy atom. The van der Waals surface area contributed by atoms with E-state index in [2.05, 4.69) is 10.2 Å². The van der Waals surface area contributed by atoms with Gasteiger partial charge in [0.2, 0.25) is 0 Å². The summed E-state index contributed by atoms with van der Waals surface area (Å²) in [4.78, 5) is 22.4. The summed E-state index contributed by atoms with van der Waals surface area (Å²) in [7, 11) is 0. The summed E-state index contributed by atoms with van der Waals surface area (Å²) in [5.74, 6) is -0.00944. The summed E-state index contributed by atoms with van der Waals surface area (Å²) in [5, 5.41) is 27.2. The number of nitro groups is 1. The minimum atomic E-state index is -0.516. The van der Waals surface area contributed by atoms with Gasteiger partial charge in [-0.2, -0.15) is 5.10 Å². The third kappa shape index (κ3) is 3.64. The molecule has 0 saturated heterocycles. The van der Waals surface area contributed by atoms with E-state index in [0.29, 0.717) is 11.3 Å². The van der Waals surface area contributed by atoms with E-state index >= 15 is 0 Å². The molecule has 1 aromatic carbocycles. The minimum Gasteiger partial charge on any atom is -0.508 e. The zero-order chi connectivity index (χ0) is 16.3. The average Bonchev–Trinajstić information content (AvgIpc) is 2.82. The van der Waals surface area contributed by atoms with Gasteiger partial charge in [-0.3, -0.25) is 20.0 Å². The Labute approximate surface area is 130 Å². The summed E-state index contributed by atoms with van der Waals surface area (Å²) in [5.41, 5.74) is 1.76. The number of aromatic nitrogens is 2. The van der Waals surface area contributed by atoms with Crippen molar-refractivity contribution in [2.45, 2.75) is 25.3 Å². The van der Waals surface area contributed by atoms with E-state index in [-0.39, 0.29) is 34.4 Å². The molecule has 8 heteroatoms. The van der Waals surface area contributed by atoms with Crippen LogP contribution in [0.3, 0.4) is 0 Å². The van der Waals surface area contributed by atoms with Crippen molar-refractivity contribution in [2.24, 2.45) is 0 Å². The van der Waals surface area contributed by atoms with Crippen molar-refractivity contribution in [1.82, 2.24) is 10.2 Å². The maximum absolute atomic E-state index is 12.0. The van der Waals surface area contributed by atoms with Crippen molar-refractivity contribution in [2.75, 3.05) is 5.75 Å². The van der Waals surface area contributed by atoms with Gasteiger partial charge in [0.15, 0.2) is 5.03 Å². The lowest BCUT2D eigenvalue weighted by molar-refractivity contribution is -0.388. The van der Waals surface area contributed by atoms with Gasteiger partial charge in [0.25, 0.3) is 0 Å². The van der Waals surface area contributed by atoms with Crippen molar-refractivity contribution in [1.29, 1.82) is 0 Å². The number of carbonyl (C=O) groups is 1. The number of aryl methyl sites for hydroxylation is 2. The fourth-order valence-electron chi connectivity index (χ4n) is 1.98. The first-order chi connectivity index (χ1) is 10.4. The van der Waals surface area contributed by atoms with Crippen LogP contribution < -0.4 is 0 Å². The second kappa shape index (κ2) is 6.61. The van der Waals surface area contributed by atoms with Crippen molar-refractivity contribution >= 4 is 23.2 Å². The molecule has 2 N–H and O–H groups in total. The molecule has 0 atom stereocenters. The maximum atomic E-state index is 12.0. The third-order valence-electron chi connectivity index (χ3n) is 3.06. The third-order valence-corrected chi connectivity index (χ3v) is 4.08. The summed E-state index contributed by atoms with van der Waals surface area (Å²) < 4.78 is 0. The summed E-state index contributed by atoms with van der Waals surface area (Å²) in [6.45, 7) is 3.43. The van der Waals surface area contributed by atoms with Crippen molar-refractivity contribution < 1.29 is 14.8 Å². The quantitative estimate of drug-likeness (QED) is 0.481. The first-order valence-electron chi connectivity index (χ1n) is 6.51. The van der Waals surface area contributed by atoms with Gasteiger partial charge >= 0.3 is 5.69 Å². The Bertz CT molecular complexity index is 727. The first kappa shape index (κ1) is 16.0. The number of phenols is 1. The Morgan fingerprint density at radius 2 is 2.18 bits per heavy atom. The van der Waals surface area contributed by atoms with Crippen LogP contribution in [0.25, 0.3) is 0 Å². The maximum Gasteiger partial charge on any atom is 0.323 e. The van der Waals surface area contributed by atoms with Gasteiger partial charge < -0.3 is 5.11 Å². The Kier molecular flexibility index (Phi) is 4.81. The predicted molar refractivity (Wildman–Crippen MR) is 82.3 cm³/mol. The van der Waals surface area contributed by atoms with Crippen LogP contribution >= 0.6 is 11.8 Å². The smallest absolute Gasteiger partial charge is 0.323 e. The lowest BCUT2D eigenvalue weighted by Gasteiger charge is -2.04. The van der Waals surface area contributed by atoms with Crippen LogP contribution in [0.1, 0.15) is 16.8 Å². The highest BCUT2D eigenvalue weighted by Gasteiger charge is 2.22. The van der Waals surface area contributed by atoms with E-state index in [4.69, 9.17) is 0 Å². The topological polar surface area (TPSA) is 109 Å². The van der Waals surface area contributed by atoms with E-state index in [0.717, 1.165) is 17.3 Å². The molecular weight excluding hydrogens is 306 g/mol. The van der Waals surface area contributed by atoms with E-state index in [1.165, 1.54) is 0 Å². The number of Topliss-reactive ketones (excluding diaryl/α,β-unsaturated/α-hetero) is 1. The van der Waals surface area contributed by atoms with Crippen LogP contribution in [0.15, 0.2) is 23.2 Å². The molecule has 0 radical (unpaired) electrons. The van der Waals surface area contributed by atoms with E-state index in [9.17, 15) is 20.0 Å². The van der Waals surface area contributed by atoms with Crippen molar-refractivity contribution in [3.05, 3.63) is 45.1 Å². The molecule has 22 heavy (non-hydrogen) atoms. The molecule has 0 unspecified atom stereocenters. The highest BCUT2D eigenvalue weighted by atomic mass is 32.2. The van der Waals surface area contributed by atoms with Crippen molar-refractivity contribution in [3.8, 4) is 5.75 Å². The number of nitrogens with one attached hydrogen (secondary N) is 1. The number of aromatic amines is 1. The standard InChI is InChI=1S/C14H15N3O4S/c1-8-3-4-12(19)10(5-8)6-11(18)7-22-14-13(17(20)21)9(2)15-16-14/h3-5,19H,6-7H2,1-2H3,(H,15,16). The SMILES string of the molecule is Cc1ccc(O)c(CC(=O)CSc2n[nH]c(C)c2[N+](=O)[O-])c1. The molecule has 2 aromatic rings. The van der Waals surface area contributed by atoms with Crippen LogP contribution in [0, 0.1) is 24.0 Å². The average molecular weight is 321 g/mol. The molecule has 0 spiro atoms. The molecular formula is C14H15N3O4S. The summed E-state index contributed by atoms with van der Waals surface area (Å²) in [6.07, 6.45) is 0.0811.